The minimum Gasteiger partial charge on any atom is -0.490 e. The molecule has 0 unspecified atom stereocenters. The molecule has 1 aliphatic heterocycles. The van der Waals surface area contributed by atoms with Crippen molar-refractivity contribution >= 4 is 56.5 Å². The molecule has 7 heteroatoms. The van der Waals surface area contributed by atoms with Gasteiger partial charge in [-0.1, -0.05) is 51.8 Å². The highest BCUT2D eigenvalue weighted by molar-refractivity contribution is 9.10. The Bertz CT molecular complexity index is 856. The van der Waals surface area contributed by atoms with Crippen molar-refractivity contribution in [3.63, 3.8) is 0 Å². The Morgan fingerprint density at radius 2 is 1.96 bits per heavy atom. The van der Waals surface area contributed by atoms with E-state index in [4.69, 9.17) is 16.3 Å². The van der Waals surface area contributed by atoms with Gasteiger partial charge in [-0.3, -0.25) is 14.5 Å². The molecule has 0 aromatic heterocycles. The highest BCUT2D eigenvalue weighted by Gasteiger charge is 2.34. The van der Waals surface area contributed by atoms with E-state index in [0.29, 0.717) is 15.7 Å². The first-order valence-electron chi connectivity index (χ1n) is 7.43. The summed E-state index contributed by atoms with van der Waals surface area (Å²) in [5, 5.41) is 0.195. The van der Waals surface area contributed by atoms with E-state index < -0.39 is 0 Å². The average molecular weight is 439 g/mol. The number of hydrogen-bond acceptors (Lipinski definition) is 4. The molecule has 0 radical (unpaired) electrons. The molecule has 0 atom stereocenters. The number of amides is 2. The average Bonchev–Trinajstić information content (AvgIpc) is 2.84. The Morgan fingerprint density at radius 3 is 2.72 bits per heavy atom. The van der Waals surface area contributed by atoms with E-state index in [1.54, 1.807) is 24.3 Å². The number of ether oxygens (including phenoxy) is 1. The summed E-state index contributed by atoms with van der Waals surface area (Å²) < 4.78 is 6.46. The molecule has 2 aromatic rings. The van der Waals surface area contributed by atoms with Gasteiger partial charge in [0, 0.05) is 4.47 Å². The third kappa shape index (κ3) is 4.45. The van der Waals surface area contributed by atoms with Crippen molar-refractivity contribution in [2.45, 2.75) is 0 Å². The van der Waals surface area contributed by atoms with Crippen LogP contribution in [0.5, 0.6) is 5.75 Å². The maximum atomic E-state index is 12.4. The molecule has 0 N–H and O–H groups in total. The van der Waals surface area contributed by atoms with Crippen LogP contribution >= 0.6 is 39.3 Å². The third-order valence-corrected chi connectivity index (χ3v) is 5.14. The molecule has 128 valence electrons. The fourth-order valence-electron chi connectivity index (χ4n) is 2.25. The van der Waals surface area contributed by atoms with Gasteiger partial charge < -0.3 is 4.74 Å². The highest BCUT2D eigenvalue weighted by Crippen LogP contribution is 2.32. The van der Waals surface area contributed by atoms with E-state index in [9.17, 15) is 9.59 Å². The topological polar surface area (TPSA) is 46.6 Å². The minimum atomic E-state index is -0.308. The Kier molecular flexibility index (Phi) is 5.83. The molecule has 0 saturated carbocycles. The first-order chi connectivity index (χ1) is 12.0. The number of imide groups is 1. The molecular formula is C18H13BrClNO3S. The molecule has 0 bridgehead atoms. The van der Waals surface area contributed by atoms with Crippen LogP contribution < -0.4 is 4.74 Å². The lowest BCUT2D eigenvalue weighted by molar-refractivity contribution is -0.123. The lowest BCUT2D eigenvalue weighted by Gasteiger charge is -2.13. The first kappa shape index (κ1) is 18.0. The van der Waals surface area contributed by atoms with Crippen LogP contribution in [-0.4, -0.2) is 29.2 Å². The molecule has 0 aliphatic carbocycles. The third-order valence-electron chi connectivity index (χ3n) is 3.43. The summed E-state index contributed by atoms with van der Waals surface area (Å²) in [4.78, 5) is 26.1. The minimum absolute atomic E-state index is 0.172. The Morgan fingerprint density at radius 1 is 1.16 bits per heavy atom. The Hall–Kier alpha value is -1.76. The van der Waals surface area contributed by atoms with Gasteiger partial charge in [-0.25, -0.2) is 0 Å². The van der Waals surface area contributed by atoms with E-state index in [-0.39, 0.29) is 24.3 Å². The Balaban J connectivity index is 1.64. The molecule has 3 rings (SSSR count). The van der Waals surface area contributed by atoms with Crippen LogP contribution in [0.3, 0.4) is 0 Å². The summed E-state index contributed by atoms with van der Waals surface area (Å²) in [6, 6.07) is 14.6. The van der Waals surface area contributed by atoms with Gasteiger partial charge in [-0.05, 0) is 47.7 Å². The van der Waals surface area contributed by atoms with E-state index in [2.05, 4.69) is 15.9 Å². The van der Waals surface area contributed by atoms with Crippen LogP contribution in [0.1, 0.15) is 5.56 Å². The van der Waals surface area contributed by atoms with Crippen LogP contribution in [0.2, 0.25) is 5.02 Å². The van der Waals surface area contributed by atoms with E-state index in [0.717, 1.165) is 21.8 Å². The van der Waals surface area contributed by atoms with Crippen molar-refractivity contribution in [3.05, 3.63) is 68.5 Å². The summed E-state index contributed by atoms with van der Waals surface area (Å²) in [5.41, 5.74) is 0.854. The highest BCUT2D eigenvalue weighted by atomic mass is 79.9. The number of hydrogen-bond donors (Lipinski definition) is 0. The zero-order chi connectivity index (χ0) is 17.8. The number of benzene rings is 2. The molecule has 25 heavy (non-hydrogen) atoms. The van der Waals surface area contributed by atoms with Gasteiger partial charge in [0.1, 0.15) is 12.4 Å². The van der Waals surface area contributed by atoms with Crippen LogP contribution in [0.15, 0.2) is 57.9 Å². The van der Waals surface area contributed by atoms with Crippen molar-refractivity contribution in [3.8, 4) is 5.75 Å². The second-order valence-electron chi connectivity index (χ2n) is 5.17. The van der Waals surface area contributed by atoms with Crippen molar-refractivity contribution in [2.75, 3.05) is 13.2 Å². The fraction of sp³-hybridized carbons (Fsp3) is 0.111. The molecule has 1 heterocycles. The number of thioether (sulfide) groups is 1. The number of halogens is 2. The monoisotopic (exact) mass is 437 g/mol. The lowest BCUT2D eigenvalue weighted by atomic mass is 10.2. The van der Waals surface area contributed by atoms with Gasteiger partial charge in [0.05, 0.1) is 16.5 Å². The van der Waals surface area contributed by atoms with Gasteiger partial charge in [0.25, 0.3) is 11.1 Å². The van der Waals surface area contributed by atoms with Crippen LogP contribution in [0.25, 0.3) is 6.08 Å². The molecule has 2 aromatic carbocycles. The lowest BCUT2D eigenvalue weighted by Crippen LogP contribution is -2.32. The summed E-state index contributed by atoms with van der Waals surface area (Å²) in [6.45, 7) is 0.359. The molecule has 4 nitrogen and oxygen atoms in total. The number of carbonyl (C=O) groups excluding carboxylic acids is 2. The quantitative estimate of drug-likeness (QED) is 0.601. The molecule has 2 amide bonds. The maximum absolute atomic E-state index is 12.4. The van der Waals surface area contributed by atoms with Gasteiger partial charge in [0.15, 0.2) is 0 Å². The second-order valence-corrected chi connectivity index (χ2v) is 7.48. The molecule has 0 spiro atoms. The molecular weight excluding hydrogens is 426 g/mol. The SMILES string of the molecule is O=C1S/C(=C\c2cccc(Br)c2)C(=O)N1CCOc1ccccc1Cl. The zero-order valence-corrected chi connectivity index (χ0v) is 16.1. The zero-order valence-electron chi connectivity index (χ0n) is 12.9. The summed E-state index contributed by atoms with van der Waals surface area (Å²) in [6.07, 6.45) is 1.71. The number of nitrogens with zero attached hydrogens (tertiary/aromatic N) is 1. The first-order valence-corrected chi connectivity index (χ1v) is 9.41. The normalized spacial score (nSPS) is 15.9. The molecule has 1 saturated heterocycles. The molecule has 1 aliphatic rings. The predicted molar refractivity (Wildman–Crippen MR) is 104 cm³/mol. The summed E-state index contributed by atoms with van der Waals surface area (Å²) >= 11 is 10.3. The number of para-hydroxylation sites is 1. The van der Waals surface area contributed by atoms with Crippen LogP contribution in [0, 0.1) is 0 Å². The smallest absolute Gasteiger partial charge is 0.293 e. The van der Waals surface area contributed by atoms with Gasteiger partial charge in [-0.2, -0.15) is 0 Å². The fourth-order valence-corrected chi connectivity index (χ4v) is 3.72. The predicted octanol–water partition coefficient (Wildman–Crippen LogP) is 5.22. The summed E-state index contributed by atoms with van der Waals surface area (Å²) in [7, 11) is 0. The maximum Gasteiger partial charge on any atom is 0.293 e. The van der Waals surface area contributed by atoms with Gasteiger partial charge in [-0.15, -0.1) is 0 Å². The largest absolute Gasteiger partial charge is 0.490 e. The van der Waals surface area contributed by atoms with E-state index in [1.807, 2.05) is 30.3 Å². The van der Waals surface area contributed by atoms with Crippen molar-refractivity contribution in [1.82, 2.24) is 4.90 Å². The van der Waals surface area contributed by atoms with Crippen molar-refractivity contribution in [1.29, 1.82) is 0 Å². The Labute approximate surface area is 162 Å². The van der Waals surface area contributed by atoms with Gasteiger partial charge in [0.2, 0.25) is 0 Å². The van der Waals surface area contributed by atoms with Crippen molar-refractivity contribution < 1.29 is 14.3 Å². The number of rotatable bonds is 5. The second kappa shape index (κ2) is 8.08. The van der Waals surface area contributed by atoms with Crippen LogP contribution in [0.4, 0.5) is 4.79 Å². The van der Waals surface area contributed by atoms with E-state index >= 15 is 0 Å². The summed E-state index contributed by atoms with van der Waals surface area (Å²) in [5.74, 6) is 0.221. The van der Waals surface area contributed by atoms with E-state index in [1.165, 1.54) is 4.90 Å². The number of carbonyl (C=O) groups is 2. The van der Waals surface area contributed by atoms with Crippen molar-refractivity contribution in [2.24, 2.45) is 0 Å². The standard InChI is InChI=1S/C18H13BrClNO3S/c19-13-5-3-4-12(10-13)11-16-17(22)21(18(23)25-16)8-9-24-15-7-2-1-6-14(15)20/h1-7,10-11H,8-9H2/b16-11-. The van der Waals surface area contributed by atoms with Gasteiger partial charge >= 0.3 is 0 Å². The molecule has 1 fully saturated rings. The van der Waals surface area contributed by atoms with Crippen LogP contribution in [-0.2, 0) is 4.79 Å².